The quantitative estimate of drug-likeness (QED) is 0.721. The molecule has 6 nitrogen and oxygen atoms in total. The summed E-state index contributed by atoms with van der Waals surface area (Å²) < 4.78 is 25.3. The van der Waals surface area contributed by atoms with Gasteiger partial charge in [-0.25, -0.2) is 8.42 Å². The fraction of sp³-hybridized carbons (Fsp3) is 0.409. The second-order valence-corrected chi connectivity index (χ2v) is 10.00. The lowest BCUT2D eigenvalue weighted by atomic mass is 9.85. The van der Waals surface area contributed by atoms with Gasteiger partial charge >= 0.3 is 0 Å². The molecule has 2 N–H and O–H groups in total. The van der Waals surface area contributed by atoms with Crippen molar-refractivity contribution in [2.75, 3.05) is 22.8 Å². The number of anilines is 2. The summed E-state index contributed by atoms with van der Waals surface area (Å²) in [6, 6.07) is 15.3. The summed E-state index contributed by atoms with van der Waals surface area (Å²) >= 11 is 0. The molecule has 0 aromatic heterocycles. The highest BCUT2D eigenvalue weighted by molar-refractivity contribution is 7.92. The van der Waals surface area contributed by atoms with Crippen molar-refractivity contribution in [3.63, 3.8) is 0 Å². The summed E-state index contributed by atoms with van der Waals surface area (Å²) in [7, 11) is -3.37. The van der Waals surface area contributed by atoms with Crippen molar-refractivity contribution >= 4 is 27.3 Å². The van der Waals surface area contributed by atoms with Gasteiger partial charge in [-0.05, 0) is 48.6 Å². The Morgan fingerprint density at radius 3 is 2.34 bits per heavy atom. The molecule has 29 heavy (non-hydrogen) atoms. The van der Waals surface area contributed by atoms with Gasteiger partial charge < -0.3 is 5.32 Å². The van der Waals surface area contributed by atoms with Crippen LogP contribution in [-0.2, 0) is 21.4 Å². The van der Waals surface area contributed by atoms with E-state index in [1.165, 1.54) is 11.1 Å². The summed E-state index contributed by atoms with van der Waals surface area (Å²) in [5, 5.41) is 2.93. The molecule has 0 radical (unpaired) electrons. The normalized spacial score (nSPS) is 19.6. The number of carbonyl (C=O) groups is 1. The van der Waals surface area contributed by atoms with Crippen molar-refractivity contribution in [1.29, 1.82) is 0 Å². The van der Waals surface area contributed by atoms with Gasteiger partial charge in [0, 0.05) is 18.8 Å². The molecule has 2 aromatic carbocycles. The van der Waals surface area contributed by atoms with E-state index in [0.29, 0.717) is 17.3 Å². The summed E-state index contributed by atoms with van der Waals surface area (Å²) in [6.07, 6.45) is 1.88. The first-order chi connectivity index (χ1) is 13.6. The van der Waals surface area contributed by atoms with E-state index >= 15 is 0 Å². The topological polar surface area (TPSA) is 78.5 Å². The maximum absolute atomic E-state index is 13.0. The molecule has 1 fully saturated rings. The van der Waals surface area contributed by atoms with Crippen molar-refractivity contribution in [3.05, 3.63) is 59.7 Å². The highest BCUT2D eigenvalue weighted by Gasteiger charge is 2.46. The van der Waals surface area contributed by atoms with Gasteiger partial charge in [-0.15, -0.1) is 0 Å². The first-order valence-electron chi connectivity index (χ1n) is 9.80. The molecule has 1 aliphatic rings. The van der Waals surface area contributed by atoms with Gasteiger partial charge in [0.1, 0.15) is 0 Å². The van der Waals surface area contributed by atoms with Crippen molar-refractivity contribution in [2.45, 2.75) is 45.2 Å². The third kappa shape index (κ3) is 5.16. The monoisotopic (exact) mass is 415 g/mol. The number of hydrogen-bond donors (Lipinski definition) is 2. The first kappa shape index (κ1) is 21.3. The van der Waals surface area contributed by atoms with Gasteiger partial charge in [0.25, 0.3) is 0 Å². The minimum absolute atomic E-state index is 0.0842. The van der Waals surface area contributed by atoms with E-state index in [4.69, 9.17) is 0 Å². The first-order valence-corrected chi connectivity index (χ1v) is 11.7. The van der Waals surface area contributed by atoms with E-state index in [1.54, 1.807) is 24.3 Å². The van der Waals surface area contributed by atoms with Crippen molar-refractivity contribution in [2.24, 2.45) is 0 Å². The van der Waals surface area contributed by atoms with E-state index in [-0.39, 0.29) is 5.91 Å². The third-order valence-electron chi connectivity index (χ3n) is 5.50. The lowest BCUT2D eigenvalue weighted by Crippen LogP contribution is -2.63. The summed E-state index contributed by atoms with van der Waals surface area (Å²) in [4.78, 5) is 15.1. The molecular weight excluding hydrogens is 386 g/mol. The van der Waals surface area contributed by atoms with Gasteiger partial charge in [0.2, 0.25) is 15.9 Å². The number of benzene rings is 2. The Hall–Kier alpha value is -2.38. The lowest BCUT2D eigenvalue weighted by molar-refractivity contribution is -0.136. The van der Waals surface area contributed by atoms with Gasteiger partial charge in [-0.2, -0.15) is 0 Å². The largest absolute Gasteiger partial charge is 0.324 e. The number of sulfonamides is 1. The minimum Gasteiger partial charge on any atom is -0.324 e. The Morgan fingerprint density at radius 2 is 1.79 bits per heavy atom. The van der Waals surface area contributed by atoms with Gasteiger partial charge in [-0.3, -0.25) is 14.4 Å². The van der Waals surface area contributed by atoms with E-state index < -0.39 is 15.6 Å². The Bertz CT molecular complexity index is 987. The van der Waals surface area contributed by atoms with Crippen LogP contribution in [0.15, 0.2) is 48.5 Å². The van der Waals surface area contributed by atoms with Crippen LogP contribution in [0.5, 0.6) is 0 Å². The molecule has 3 rings (SSSR count). The molecule has 0 aliphatic carbocycles. The van der Waals surface area contributed by atoms with Crippen LogP contribution in [0, 0.1) is 0 Å². The second-order valence-electron chi connectivity index (χ2n) is 8.25. The maximum Gasteiger partial charge on any atom is 0.244 e. The number of carbonyl (C=O) groups excluding carboxylic acids is 1. The van der Waals surface area contributed by atoms with Crippen LogP contribution in [0.3, 0.4) is 0 Å². The molecule has 1 saturated heterocycles. The van der Waals surface area contributed by atoms with Gasteiger partial charge in [-0.1, -0.05) is 44.2 Å². The van der Waals surface area contributed by atoms with Gasteiger partial charge in [0.15, 0.2) is 0 Å². The molecule has 156 valence electrons. The molecule has 1 unspecified atom stereocenters. The van der Waals surface area contributed by atoms with Crippen molar-refractivity contribution in [1.82, 2.24) is 4.90 Å². The van der Waals surface area contributed by atoms with E-state index in [2.05, 4.69) is 53.1 Å². The zero-order chi connectivity index (χ0) is 21.2. The van der Waals surface area contributed by atoms with Crippen LogP contribution < -0.4 is 10.0 Å². The number of nitrogens with zero attached hydrogens (tertiary/aromatic N) is 1. The SMILES string of the molecule is CC(C)c1ccc(CN2CCC2(C)C(=O)Nc2cccc(NS(C)(=O)=O)c2)cc1. The van der Waals surface area contributed by atoms with Crippen LogP contribution in [0.2, 0.25) is 0 Å². The summed E-state index contributed by atoms with van der Waals surface area (Å²) in [5.41, 5.74) is 2.90. The average Bonchev–Trinajstić information content (AvgIpc) is 2.63. The number of hydrogen-bond acceptors (Lipinski definition) is 4. The minimum atomic E-state index is -3.37. The van der Waals surface area contributed by atoms with E-state index in [0.717, 1.165) is 25.8 Å². The summed E-state index contributed by atoms with van der Waals surface area (Å²) in [5.74, 6) is 0.413. The van der Waals surface area contributed by atoms with Crippen molar-refractivity contribution < 1.29 is 13.2 Å². The van der Waals surface area contributed by atoms with E-state index in [9.17, 15) is 13.2 Å². The number of nitrogens with one attached hydrogen (secondary N) is 2. The smallest absolute Gasteiger partial charge is 0.244 e. The average molecular weight is 416 g/mol. The maximum atomic E-state index is 13.0. The fourth-order valence-corrected chi connectivity index (χ4v) is 4.04. The number of amides is 1. The molecule has 2 aromatic rings. The second kappa shape index (κ2) is 8.16. The highest BCUT2D eigenvalue weighted by atomic mass is 32.2. The number of rotatable bonds is 7. The van der Waals surface area contributed by atoms with Crippen LogP contribution in [-0.4, -0.2) is 37.6 Å². The zero-order valence-electron chi connectivity index (χ0n) is 17.4. The lowest BCUT2D eigenvalue weighted by Gasteiger charge is -2.49. The Labute approximate surface area is 173 Å². The molecule has 0 bridgehead atoms. The van der Waals surface area contributed by atoms with Gasteiger partial charge in [0.05, 0.1) is 17.5 Å². The summed E-state index contributed by atoms with van der Waals surface area (Å²) in [6.45, 7) is 7.88. The molecule has 1 amide bonds. The van der Waals surface area contributed by atoms with Crippen LogP contribution in [0.25, 0.3) is 0 Å². The molecule has 7 heteroatoms. The Morgan fingerprint density at radius 1 is 1.14 bits per heavy atom. The van der Waals surface area contributed by atoms with Crippen LogP contribution >= 0.6 is 0 Å². The molecule has 1 atom stereocenters. The third-order valence-corrected chi connectivity index (χ3v) is 6.11. The molecule has 0 saturated carbocycles. The fourth-order valence-electron chi connectivity index (χ4n) is 3.48. The standard InChI is InChI=1S/C22H29N3O3S/c1-16(2)18-10-8-17(9-11-18)15-25-13-12-22(25,3)21(26)23-19-6-5-7-20(14-19)24-29(4,27)28/h5-11,14,16,24H,12-13,15H2,1-4H3,(H,23,26). The zero-order valence-corrected chi connectivity index (χ0v) is 18.2. The van der Waals surface area contributed by atoms with Crippen molar-refractivity contribution in [3.8, 4) is 0 Å². The molecule has 0 spiro atoms. The predicted octanol–water partition coefficient (Wildman–Crippen LogP) is 3.78. The van der Waals surface area contributed by atoms with E-state index in [1.807, 2.05) is 6.92 Å². The van der Waals surface area contributed by atoms with Crippen LogP contribution in [0.1, 0.15) is 44.2 Å². The molecule has 1 aliphatic heterocycles. The molecular formula is C22H29N3O3S. The Kier molecular flexibility index (Phi) is 6.00. The Balaban J connectivity index is 1.66. The highest BCUT2D eigenvalue weighted by Crippen LogP contribution is 2.33. The molecule has 1 heterocycles. The van der Waals surface area contributed by atoms with Crippen LogP contribution in [0.4, 0.5) is 11.4 Å². The number of likely N-dealkylation sites (tertiary alicyclic amines) is 1. The predicted molar refractivity (Wildman–Crippen MR) is 118 cm³/mol.